The third-order valence-corrected chi connectivity index (χ3v) is 10.5. The number of hydrogen-bond donors (Lipinski definition) is 0. The minimum absolute atomic E-state index is 0.385. The Morgan fingerprint density at radius 1 is 0.535 bits per heavy atom. The van der Waals surface area contributed by atoms with E-state index in [1.54, 1.807) is 0 Å². The maximum absolute atomic E-state index is 6.48. The van der Waals surface area contributed by atoms with Crippen molar-refractivity contribution in [3.63, 3.8) is 0 Å². The van der Waals surface area contributed by atoms with Crippen LogP contribution in [0.25, 0.3) is 41.7 Å². The normalized spacial score (nSPS) is 16.0. The van der Waals surface area contributed by atoms with Gasteiger partial charge in [0.05, 0.1) is 11.2 Å². The average Bonchev–Trinajstić information content (AvgIpc) is 3.49. The Labute approximate surface area is 256 Å². The molecule has 6 aromatic carbocycles. The molecule has 7 aromatic rings. The maximum atomic E-state index is 6.48. The maximum Gasteiger partial charge on any atom is 0.496 e. The highest BCUT2D eigenvalue weighted by Gasteiger charge is 2.52. The van der Waals surface area contributed by atoms with E-state index in [2.05, 4.69) is 154 Å². The molecule has 0 aliphatic carbocycles. The fraction of sp³-hybridized carbons (Fsp3) is 0.158. The van der Waals surface area contributed by atoms with Gasteiger partial charge in [-0.1, -0.05) is 78.9 Å². The molecule has 2 heterocycles. The fourth-order valence-electron chi connectivity index (χ4n) is 6.18. The SMILES string of the molecule is CC1(C)OB(c2cccc3c2sc2ccc(N(c4ccc5ccccc5c4)c4ccc5ccccc5c4)cc23)OC1(C)C. The average molecular weight is 578 g/mol. The van der Waals surface area contributed by atoms with Crippen LogP contribution >= 0.6 is 11.3 Å². The summed E-state index contributed by atoms with van der Waals surface area (Å²) in [7, 11) is -0.395. The smallest absolute Gasteiger partial charge is 0.399 e. The molecule has 1 aliphatic rings. The van der Waals surface area contributed by atoms with Crippen molar-refractivity contribution in [3.8, 4) is 0 Å². The fourth-order valence-corrected chi connectivity index (χ4v) is 7.39. The van der Waals surface area contributed by atoms with Gasteiger partial charge in [0, 0.05) is 42.7 Å². The molecule has 0 atom stereocenters. The van der Waals surface area contributed by atoms with Crippen molar-refractivity contribution in [2.24, 2.45) is 0 Å². The first-order chi connectivity index (χ1) is 20.8. The quantitative estimate of drug-likeness (QED) is 0.194. The van der Waals surface area contributed by atoms with Gasteiger partial charge in [0.15, 0.2) is 0 Å². The van der Waals surface area contributed by atoms with Gasteiger partial charge in [0.25, 0.3) is 0 Å². The predicted molar refractivity (Wildman–Crippen MR) is 185 cm³/mol. The molecule has 43 heavy (non-hydrogen) atoms. The minimum Gasteiger partial charge on any atom is -0.399 e. The number of benzene rings is 6. The lowest BCUT2D eigenvalue weighted by molar-refractivity contribution is 0.00578. The van der Waals surface area contributed by atoms with Gasteiger partial charge in [0.1, 0.15) is 0 Å². The third-order valence-electron chi connectivity index (χ3n) is 9.26. The zero-order valence-electron chi connectivity index (χ0n) is 24.8. The summed E-state index contributed by atoms with van der Waals surface area (Å²) in [6.07, 6.45) is 0. The van der Waals surface area contributed by atoms with Crippen LogP contribution in [0.5, 0.6) is 0 Å². The molecular formula is C38H32BNO2S. The minimum atomic E-state index is -0.395. The second-order valence-corrected chi connectivity index (χ2v) is 13.5. The van der Waals surface area contributed by atoms with Gasteiger partial charge in [-0.2, -0.15) is 0 Å². The molecular weight excluding hydrogens is 545 g/mol. The van der Waals surface area contributed by atoms with E-state index >= 15 is 0 Å². The molecule has 1 saturated heterocycles. The first-order valence-electron chi connectivity index (χ1n) is 14.9. The van der Waals surface area contributed by atoms with E-state index in [0.29, 0.717) is 0 Å². The molecule has 0 radical (unpaired) electrons. The van der Waals surface area contributed by atoms with E-state index in [-0.39, 0.29) is 11.2 Å². The van der Waals surface area contributed by atoms with Gasteiger partial charge in [-0.3, -0.25) is 0 Å². The molecule has 0 saturated carbocycles. The van der Waals surface area contributed by atoms with Crippen molar-refractivity contribution < 1.29 is 9.31 Å². The van der Waals surface area contributed by atoms with E-state index in [1.807, 2.05) is 11.3 Å². The van der Waals surface area contributed by atoms with Crippen LogP contribution < -0.4 is 10.4 Å². The summed E-state index contributed by atoms with van der Waals surface area (Å²) in [4.78, 5) is 2.37. The van der Waals surface area contributed by atoms with Crippen molar-refractivity contribution in [1.82, 2.24) is 0 Å². The molecule has 1 aliphatic heterocycles. The molecule has 0 spiro atoms. The van der Waals surface area contributed by atoms with Crippen LogP contribution in [-0.2, 0) is 9.31 Å². The molecule has 0 bridgehead atoms. The molecule has 0 unspecified atom stereocenters. The zero-order chi connectivity index (χ0) is 29.3. The Morgan fingerprint density at radius 3 is 1.67 bits per heavy atom. The molecule has 3 nitrogen and oxygen atoms in total. The molecule has 0 N–H and O–H groups in total. The van der Waals surface area contributed by atoms with E-state index in [4.69, 9.17) is 9.31 Å². The Bertz CT molecular complexity index is 2090. The Kier molecular flexibility index (Phi) is 5.96. The van der Waals surface area contributed by atoms with Gasteiger partial charge >= 0.3 is 7.12 Å². The first-order valence-corrected chi connectivity index (χ1v) is 15.7. The van der Waals surface area contributed by atoms with Gasteiger partial charge in [-0.15, -0.1) is 11.3 Å². The van der Waals surface area contributed by atoms with Gasteiger partial charge in [-0.05, 0) is 91.7 Å². The lowest BCUT2D eigenvalue weighted by Gasteiger charge is -2.32. The van der Waals surface area contributed by atoms with E-state index in [9.17, 15) is 0 Å². The van der Waals surface area contributed by atoms with Gasteiger partial charge < -0.3 is 14.2 Å². The number of thiophene rings is 1. The van der Waals surface area contributed by atoms with Crippen LogP contribution in [0.2, 0.25) is 0 Å². The molecule has 5 heteroatoms. The lowest BCUT2D eigenvalue weighted by atomic mass is 9.78. The summed E-state index contributed by atoms with van der Waals surface area (Å²) >= 11 is 1.81. The Hall–Kier alpha value is -4.16. The van der Waals surface area contributed by atoms with Crippen molar-refractivity contribution in [2.45, 2.75) is 38.9 Å². The van der Waals surface area contributed by atoms with Crippen LogP contribution in [-0.4, -0.2) is 18.3 Å². The summed E-state index contributed by atoms with van der Waals surface area (Å²) in [6.45, 7) is 8.44. The summed E-state index contributed by atoms with van der Waals surface area (Å²) in [5.41, 5.74) is 3.71. The van der Waals surface area contributed by atoms with Gasteiger partial charge in [-0.25, -0.2) is 0 Å². The van der Waals surface area contributed by atoms with Crippen LogP contribution in [0.3, 0.4) is 0 Å². The van der Waals surface area contributed by atoms with Crippen molar-refractivity contribution >= 4 is 82.7 Å². The highest BCUT2D eigenvalue weighted by Crippen LogP contribution is 2.43. The molecule has 210 valence electrons. The number of fused-ring (bicyclic) bond motifs is 5. The van der Waals surface area contributed by atoms with Crippen LogP contribution in [0.4, 0.5) is 17.1 Å². The standard InChI is InChI=1S/C38H32BNO2S/c1-37(2)38(3,4)42-39(41-37)34-15-9-14-32-33-24-31(20-21-35(33)43-36(32)34)40(29-18-16-25-10-5-7-12-27(25)22-29)30-19-17-26-11-6-8-13-28(26)23-30/h5-24H,1-4H3. The second-order valence-electron chi connectivity index (χ2n) is 12.5. The van der Waals surface area contributed by atoms with E-state index in [1.165, 1.54) is 41.7 Å². The third kappa shape index (κ3) is 4.34. The summed E-state index contributed by atoms with van der Waals surface area (Å²) in [5.74, 6) is 0. The number of anilines is 3. The summed E-state index contributed by atoms with van der Waals surface area (Å²) < 4.78 is 15.4. The predicted octanol–water partition coefficient (Wildman–Crippen LogP) is 10.1. The lowest BCUT2D eigenvalue weighted by Crippen LogP contribution is -2.41. The van der Waals surface area contributed by atoms with Crippen LogP contribution in [0, 0.1) is 0 Å². The van der Waals surface area contributed by atoms with Crippen LogP contribution in [0.15, 0.2) is 121 Å². The Morgan fingerprint density at radius 2 is 1.07 bits per heavy atom. The van der Waals surface area contributed by atoms with Crippen molar-refractivity contribution in [3.05, 3.63) is 121 Å². The summed E-state index contributed by atoms with van der Waals surface area (Å²) in [5, 5.41) is 7.38. The van der Waals surface area contributed by atoms with E-state index < -0.39 is 7.12 Å². The van der Waals surface area contributed by atoms with Crippen LogP contribution in [0.1, 0.15) is 27.7 Å². The zero-order valence-corrected chi connectivity index (χ0v) is 25.6. The Balaban J connectivity index is 1.30. The van der Waals surface area contributed by atoms with E-state index in [0.717, 1.165) is 22.5 Å². The van der Waals surface area contributed by atoms with Crippen molar-refractivity contribution in [2.75, 3.05) is 4.90 Å². The molecule has 1 fully saturated rings. The van der Waals surface area contributed by atoms with Crippen molar-refractivity contribution in [1.29, 1.82) is 0 Å². The number of nitrogens with zero attached hydrogens (tertiary/aromatic N) is 1. The second kappa shape index (κ2) is 9.68. The molecule has 8 rings (SSSR count). The monoisotopic (exact) mass is 577 g/mol. The number of rotatable bonds is 4. The molecule has 1 aromatic heterocycles. The highest BCUT2D eigenvalue weighted by molar-refractivity contribution is 7.27. The topological polar surface area (TPSA) is 21.7 Å². The first kappa shape index (κ1) is 26.5. The largest absolute Gasteiger partial charge is 0.496 e. The molecule has 0 amide bonds. The van der Waals surface area contributed by atoms with Gasteiger partial charge in [0.2, 0.25) is 0 Å². The highest BCUT2D eigenvalue weighted by atomic mass is 32.1. The number of hydrogen-bond acceptors (Lipinski definition) is 4. The summed E-state index contributed by atoms with van der Waals surface area (Å²) in [6, 6.07) is 43.9.